The molecule has 0 aliphatic heterocycles. The van der Waals surface area contributed by atoms with Crippen LogP contribution in [0.3, 0.4) is 0 Å². The van der Waals surface area contributed by atoms with E-state index in [1.54, 1.807) is 0 Å². The molecular weight excluding hydrogens is 238 g/mol. The molecule has 4 aromatic rings. The van der Waals surface area contributed by atoms with E-state index >= 15 is 0 Å². The highest BCUT2D eigenvalue weighted by atomic mass is 16.4. The first kappa shape index (κ1) is 10.3. The molecule has 2 aromatic carbocycles. The van der Waals surface area contributed by atoms with Crippen LogP contribution < -0.4 is 0 Å². The maximum absolute atomic E-state index is 5.67. The molecule has 0 spiro atoms. The molecule has 0 saturated carbocycles. The highest BCUT2D eigenvalue weighted by Crippen LogP contribution is 2.25. The molecule has 0 aliphatic rings. The number of fused-ring (bicyclic) bond motifs is 3. The Bertz CT molecular complexity index is 889. The van der Waals surface area contributed by atoms with Crippen molar-refractivity contribution >= 4 is 16.9 Å². The summed E-state index contributed by atoms with van der Waals surface area (Å²) in [6, 6.07) is 16.1. The van der Waals surface area contributed by atoms with Crippen LogP contribution in [-0.4, -0.2) is 14.6 Å². The zero-order valence-corrected chi connectivity index (χ0v) is 10.4. The van der Waals surface area contributed by atoms with Crippen LogP contribution in [0.1, 0.15) is 5.56 Å². The lowest BCUT2D eigenvalue weighted by Gasteiger charge is -1.99. The first-order valence-corrected chi connectivity index (χ1v) is 6.12. The highest BCUT2D eigenvalue weighted by Gasteiger charge is 2.14. The molecule has 0 radical (unpaired) electrons. The fraction of sp³-hybridized carbons (Fsp3) is 0.0667. The number of hydrogen-bond acceptors (Lipinski definition) is 3. The first-order valence-electron chi connectivity index (χ1n) is 6.12. The number of aromatic nitrogens is 3. The number of hydrogen-bond donors (Lipinski definition) is 0. The fourth-order valence-electron chi connectivity index (χ4n) is 2.35. The third kappa shape index (κ3) is 1.46. The van der Waals surface area contributed by atoms with Gasteiger partial charge in [0.25, 0.3) is 0 Å². The lowest BCUT2D eigenvalue weighted by Crippen LogP contribution is -1.88. The van der Waals surface area contributed by atoms with E-state index in [1.165, 1.54) is 5.56 Å². The van der Waals surface area contributed by atoms with Crippen molar-refractivity contribution in [3.63, 3.8) is 0 Å². The van der Waals surface area contributed by atoms with Gasteiger partial charge in [0.05, 0.1) is 5.52 Å². The lowest BCUT2D eigenvalue weighted by atomic mass is 10.1. The molecule has 0 bridgehead atoms. The summed E-state index contributed by atoms with van der Waals surface area (Å²) in [4.78, 5) is 0. The molecular formula is C15H11N3O. The molecule has 0 fully saturated rings. The van der Waals surface area contributed by atoms with Crippen molar-refractivity contribution in [3.8, 4) is 11.4 Å². The van der Waals surface area contributed by atoms with Gasteiger partial charge in [0.1, 0.15) is 0 Å². The van der Waals surface area contributed by atoms with E-state index in [0.717, 1.165) is 22.5 Å². The minimum Gasteiger partial charge on any atom is -0.422 e. The summed E-state index contributed by atoms with van der Waals surface area (Å²) in [6.07, 6.45) is 0. The summed E-state index contributed by atoms with van der Waals surface area (Å²) < 4.78 is 7.62. The van der Waals surface area contributed by atoms with Crippen molar-refractivity contribution in [2.45, 2.75) is 6.92 Å². The molecule has 0 atom stereocenters. The molecule has 0 N–H and O–H groups in total. The van der Waals surface area contributed by atoms with Gasteiger partial charge in [0.2, 0.25) is 0 Å². The monoisotopic (exact) mass is 249 g/mol. The van der Waals surface area contributed by atoms with Gasteiger partial charge in [-0.25, -0.2) is 4.40 Å². The standard InChI is InChI=1S/C15H11N3O/c1-10-5-4-6-11(9-10)14-16-17-15-18(14)12-7-2-3-8-13(12)19-15/h2-9H,1H3. The zero-order valence-electron chi connectivity index (χ0n) is 10.4. The van der Waals surface area contributed by atoms with Gasteiger partial charge in [0, 0.05) is 5.56 Å². The molecule has 92 valence electrons. The van der Waals surface area contributed by atoms with E-state index in [4.69, 9.17) is 4.42 Å². The second-order valence-electron chi connectivity index (χ2n) is 4.58. The Balaban J connectivity index is 2.10. The second-order valence-corrected chi connectivity index (χ2v) is 4.58. The number of para-hydroxylation sites is 2. The zero-order chi connectivity index (χ0) is 12.8. The number of rotatable bonds is 1. The van der Waals surface area contributed by atoms with Crippen molar-refractivity contribution in [1.82, 2.24) is 14.6 Å². The van der Waals surface area contributed by atoms with Crippen LogP contribution in [0.2, 0.25) is 0 Å². The third-order valence-corrected chi connectivity index (χ3v) is 3.22. The van der Waals surface area contributed by atoms with Gasteiger partial charge in [-0.05, 0) is 25.1 Å². The molecule has 0 saturated heterocycles. The first-order chi connectivity index (χ1) is 9.33. The third-order valence-electron chi connectivity index (χ3n) is 3.22. The van der Waals surface area contributed by atoms with Gasteiger partial charge < -0.3 is 4.42 Å². The van der Waals surface area contributed by atoms with Crippen LogP contribution in [0.4, 0.5) is 0 Å². The maximum atomic E-state index is 5.67. The van der Waals surface area contributed by atoms with Crippen molar-refractivity contribution in [1.29, 1.82) is 0 Å². The van der Waals surface area contributed by atoms with Gasteiger partial charge in [0.15, 0.2) is 11.4 Å². The van der Waals surface area contributed by atoms with E-state index in [2.05, 4.69) is 29.3 Å². The summed E-state index contributed by atoms with van der Waals surface area (Å²) in [6.45, 7) is 2.06. The summed E-state index contributed by atoms with van der Waals surface area (Å²) in [5, 5.41) is 8.34. The largest absolute Gasteiger partial charge is 0.422 e. The summed E-state index contributed by atoms with van der Waals surface area (Å²) in [5.41, 5.74) is 4.04. The van der Waals surface area contributed by atoms with E-state index in [9.17, 15) is 0 Å². The smallest absolute Gasteiger partial charge is 0.327 e. The van der Waals surface area contributed by atoms with Crippen molar-refractivity contribution < 1.29 is 4.42 Å². The fourth-order valence-corrected chi connectivity index (χ4v) is 2.35. The van der Waals surface area contributed by atoms with Crippen LogP contribution in [-0.2, 0) is 0 Å². The Kier molecular flexibility index (Phi) is 2.00. The minimum absolute atomic E-state index is 0.526. The van der Waals surface area contributed by atoms with Crippen molar-refractivity contribution in [2.75, 3.05) is 0 Å². The predicted octanol–water partition coefficient (Wildman–Crippen LogP) is 3.45. The van der Waals surface area contributed by atoms with Crippen LogP contribution in [0.25, 0.3) is 28.3 Å². The predicted molar refractivity (Wildman–Crippen MR) is 72.9 cm³/mol. The van der Waals surface area contributed by atoms with E-state index < -0.39 is 0 Å². The number of aryl methyl sites for hydroxylation is 1. The highest BCUT2D eigenvalue weighted by molar-refractivity contribution is 5.79. The van der Waals surface area contributed by atoms with E-state index in [0.29, 0.717) is 5.84 Å². The van der Waals surface area contributed by atoms with Crippen LogP contribution >= 0.6 is 0 Å². The normalized spacial score (nSPS) is 11.4. The Labute approximate surface area is 109 Å². The topological polar surface area (TPSA) is 43.3 Å². The Hall–Kier alpha value is -2.62. The molecule has 4 heteroatoms. The van der Waals surface area contributed by atoms with Crippen molar-refractivity contribution in [2.24, 2.45) is 0 Å². The molecule has 19 heavy (non-hydrogen) atoms. The Morgan fingerprint density at radius 3 is 2.79 bits per heavy atom. The molecule has 2 aromatic heterocycles. The quantitative estimate of drug-likeness (QED) is 0.519. The van der Waals surface area contributed by atoms with Crippen LogP contribution in [0.5, 0.6) is 0 Å². The molecule has 0 amide bonds. The summed E-state index contributed by atoms with van der Waals surface area (Å²) in [5.74, 6) is 1.33. The number of nitrogens with zero attached hydrogens (tertiary/aromatic N) is 3. The molecule has 0 aliphatic carbocycles. The molecule has 0 unspecified atom stereocenters. The van der Waals surface area contributed by atoms with Crippen LogP contribution in [0, 0.1) is 6.92 Å². The van der Waals surface area contributed by atoms with Gasteiger partial charge in [-0.15, -0.1) is 5.10 Å². The summed E-state index contributed by atoms with van der Waals surface area (Å²) >= 11 is 0. The molecule has 4 nitrogen and oxygen atoms in total. The summed E-state index contributed by atoms with van der Waals surface area (Å²) in [7, 11) is 0. The van der Waals surface area contributed by atoms with E-state index in [1.807, 2.05) is 40.8 Å². The maximum Gasteiger partial charge on any atom is 0.327 e. The minimum atomic E-state index is 0.526. The van der Waals surface area contributed by atoms with Gasteiger partial charge in [-0.3, -0.25) is 0 Å². The average molecular weight is 249 g/mol. The second kappa shape index (κ2) is 3.68. The average Bonchev–Trinajstić information content (AvgIpc) is 2.97. The molecule has 2 heterocycles. The van der Waals surface area contributed by atoms with E-state index in [-0.39, 0.29) is 0 Å². The van der Waals surface area contributed by atoms with Gasteiger partial charge in [-0.1, -0.05) is 41.0 Å². The Morgan fingerprint density at radius 1 is 1.00 bits per heavy atom. The number of oxazole rings is 1. The van der Waals surface area contributed by atoms with Crippen molar-refractivity contribution in [3.05, 3.63) is 54.1 Å². The molecule has 4 rings (SSSR count). The SMILES string of the molecule is Cc1cccc(-c2nnc3oc4ccccc4n23)c1. The van der Waals surface area contributed by atoms with Gasteiger partial charge >= 0.3 is 5.84 Å². The van der Waals surface area contributed by atoms with Crippen LogP contribution in [0.15, 0.2) is 52.9 Å². The van der Waals surface area contributed by atoms with Gasteiger partial charge in [-0.2, -0.15) is 0 Å². The Morgan fingerprint density at radius 2 is 1.89 bits per heavy atom. The number of benzene rings is 2. The lowest BCUT2D eigenvalue weighted by molar-refractivity contribution is 0.637.